The molecular weight excluding hydrogens is 286 g/mol. The predicted octanol–water partition coefficient (Wildman–Crippen LogP) is 4.35. The number of hydrogen-bond acceptors (Lipinski definition) is 5. The van der Waals surface area contributed by atoms with Gasteiger partial charge in [0.1, 0.15) is 17.0 Å². The highest BCUT2D eigenvalue weighted by Gasteiger charge is 2.19. The minimum Gasteiger partial charge on any atom is -0.444 e. The molecule has 0 aromatic heterocycles. The first kappa shape index (κ1) is 17.8. The summed E-state index contributed by atoms with van der Waals surface area (Å²) < 4.78 is 15.3. The van der Waals surface area contributed by atoms with Gasteiger partial charge in [-0.3, -0.25) is 5.32 Å². The van der Waals surface area contributed by atoms with Crippen molar-refractivity contribution < 1.29 is 23.8 Å². The molecule has 0 spiro atoms. The summed E-state index contributed by atoms with van der Waals surface area (Å²) in [6, 6.07) is 6.40. The molecule has 0 fully saturated rings. The average molecular weight is 309 g/mol. The van der Waals surface area contributed by atoms with E-state index in [4.69, 9.17) is 14.2 Å². The van der Waals surface area contributed by atoms with Crippen LogP contribution in [0.3, 0.4) is 0 Å². The number of nitrogens with one attached hydrogen (secondary N) is 1. The molecule has 0 heterocycles. The van der Waals surface area contributed by atoms with E-state index in [0.29, 0.717) is 5.69 Å². The maximum Gasteiger partial charge on any atom is 0.514 e. The number of carbonyl (C=O) groups excluding carboxylic acids is 2. The number of carbonyl (C=O) groups is 2. The van der Waals surface area contributed by atoms with E-state index in [9.17, 15) is 9.59 Å². The van der Waals surface area contributed by atoms with Crippen LogP contribution in [0.2, 0.25) is 0 Å². The molecule has 0 aliphatic carbocycles. The second-order valence-corrected chi connectivity index (χ2v) is 6.72. The molecule has 0 aliphatic rings. The van der Waals surface area contributed by atoms with E-state index in [2.05, 4.69) is 5.32 Å². The quantitative estimate of drug-likeness (QED) is 0.649. The van der Waals surface area contributed by atoms with Gasteiger partial charge in [0.2, 0.25) is 0 Å². The summed E-state index contributed by atoms with van der Waals surface area (Å²) >= 11 is 0. The molecule has 122 valence electrons. The lowest BCUT2D eigenvalue weighted by Gasteiger charge is -2.20. The average Bonchev–Trinajstić information content (AvgIpc) is 2.22. The van der Waals surface area contributed by atoms with Crippen LogP contribution in [0.15, 0.2) is 24.3 Å². The summed E-state index contributed by atoms with van der Waals surface area (Å²) in [5.41, 5.74) is -0.770. The van der Waals surface area contributed by atoms with E-state index >= 15 is 0 Å². The molecule has 0 atom stereocenters. The molecular formula is C16H23NO5. The van der Waals surface area contributed by atoms with Crippen LogP contribution >= 0.6 is 0 Å². The van der Waals surface area contributed by atoms with Gasteiger partial charge in [-0.1, -0.05) is 6.07 Å². The smallest absolute Gasteiger partial charge is 0.444 e. The molecule has 0 aliphatic heterocycles. The number of ether oxygens (including phenoxy) is 3. The molecule has 0 saturated carbocycles. The van der Waals surface area contributed by atoms with Crippen LogP contribution in [0.4, 0.5) is 15.3 Å². The third kappa shape index (κ3) is 7.52. The van der Waals surface area contributed by atoms with Gasteiger partial charge in [0, 0.05) is 11.8 Å². The van der Waals surface area contributed by atoms with Gasteiger partial charge in [0.05, 0.1) is 0 Å². The van der Waals surface area contributed by atoms with Crippen molar-refractivity contribution in [2.75, 3.05) is 5.32 Å². The fraction of sp³-hybridized carbons (Fsp3) is 0.500. The second kappa shape index (κ2) is 6.68. The maximum absolute atomic E-state index is 11.7. The summed E-state index contributed by atoms with van der Waals surface area (Å²) in [6.45, 7) is 10.6. The van der Waals surface area contributed by atoms with Crippen molar-refractivity contribution in [2.24, 2.45) is 0 Å². The van der Waals surface area contributed by atoms with Gasteiger partial charge in [0.15, 0.2) is 0 Å². The highest BCUT2D eigenvalue weighted by atomic mass is 16.7. The fourth-order valence-electron chi connectivity index (χ4n) is 1.43. The highest BCUT2D eigenvalue weighted by molar-refractivity contribution is 5.85. The molecule has 0 saturated heterocycles. The monoisotopic (exact) mass is 309 g/mol. The SMILES string of the molecule is CC(C)(C)OC(=O)Nc1cccc(OC(=O)OC(C)(C)C)c1. The minimum absolute atomic E-state index is 0.266. The molecule has 22 heavy (non-hydrogen) atoms. The van der Waals surface area contributed by atoms with Crippen LogP contribution in [0, 0.1) is 0 Å². The van der Waals surface area contributed by atoms with Crippen LogP contribution in [-0.4, -0.2) is 23.5 Å². The number of anilines is 1. The summed E-state index contributed by atoms with van der Waals surface area (Å²) in [5, 5.41) is 2.57. The third-order valence-corrected chi connectivity index (χ3v) is 2.07. The van der Waals surface area contributed by atoms with E-state index in [1.54, 1.807) is 59.7 Å². The summed E-state index contributed by atoms with van der Waals surface area (Å²) in [6.07, 6.45) is -1.39. The number of benzene rings is 1. The van der Waals surface area contributed by atoms with Crippen LogP contribution in [0.5, 0.6) is 5.75 Å². The maximum atomic E-state index is 11.7. The van der Waals surface area contributed by atoms with Crippen LogP contribution in [-0.2, 0) is 9.47 Å². The van der Waals surface area contributed by atoms with E-state index < -0.39 is 23.5 Å². The molecule has 0 radical (unpaired) electrons. The first-order valence-electron chi connectivity index (χ1n) is 6.95. The lowest BCUT2D eigenvalue weighted by Crippen LogP contribution is -2.27. The Bertz CT molecular complexity index is 495. The van der Waals surface area contributed by atoms with Crippen molar-refractivity contribution in [1.82, 2.24) is 0 Å². The first-order valence-corrected chi connectivity index (χ1v) is 6.95. The zero-order valence-corrected chi connectivity index (χ0v) is 13.9. The lowest BCUT2D eigenvalue weighted by atomic mass is 10.2. The standard InChI is InChI=1S/C16H23NO5/c1-15(2,3)21-13(18)17-11-8-7-9-12(10-11)20-14(19)22-16(4,5)6/h7-10H,1-6H3,(H,17,18). The normalized spacial score (nSPS) is 11.5. The van der Waals surface area contributed by atoms with Gasteiger partial charge in [-0.15, -0.1) is 0 Å². The van der Waals surface area contributed by atoms with Crippen molar-refractivity contribution in [3.63, 3.8) is 0 Å². The van der Waals surface area contributed by atoms with E-state index in [1.807, 2.05) is 0 Å². The van der Waals surface area contributed by atoms with Gasteiger partial charge in [-0.25, -0.2) is 9.59 Å². The molecule has 0 unspecified atom stereocenters. The number of hydrogen-bond donors (Lipinski definition) is 1. The summed E-state index contributed by atoms with van der Waals surface area (Å²) in [4.78, 5) is 23.3. The number of rotatable bonds is 2. The Morgan fingerprint density at radius 3 is 2.09 bits per heavy atom. The molecule has 1 N–H and O–H groups in total. The van der Waals surface area contributed by atoms with Gasteiger partial charge in [-0.2, -0.15) is 0 Å². The molecule has 1 amide bonds. The molecule has 1 rings (SSSR count). The first-order chi connectivity index (χ1) is 9.94. The van der Waals surface area contributed by atoms with E-state index in [-0.39, 0.29) is 5.75 Å². The zero-order chi connectivity index (χ0) is 17.0. The van der Waals surface area contributed by atoms with Crippen molar-refractivity contribution in [3.05, 3.63) is 24.3 Å². The Hall–Kier alpha value is -2.24. The fourth-order valence-corrected chi connectivity index (χ4v) is 1.43. The zero-order valence-electron chi connectivity index (χ0n) is 13.9. The van der Waals surface area contributed by atoms with Crippen LogP contribution in [0.1, 0.15) is 41.5 Å². The van der Waals surface area contributed by atoms with E-state index in [1.165, 1.54) is 6.07 Å². The molecule has 0 bridgehead atoms. The van der Waals surface area contributed by atoms with Crippen LogP contribution < -0.4 is 10.1 Å². The Balaban J connectivity index is 2.66. The van der Waals surface area contributed by atoms with Gasteiger partial charge >= 0.3 is 12.2 Å². The number of amides is 1. The Morgan fingerprint density at radius 2 is 1.55 bits per heavy atom. The summed E-state index contributed by atoms with van der Waals surface area (Å²) in [7, 11) is 0. The molecule has 6 nitrogen and oxygen atoms in total. The second-order valence-electron chi connectivity index (χ2n) is 6.72. The molecule has 6 heteroatoms. The summed E-state index contributed by atoms with van der Waals surface area (Å²) in [5.74, 6) is 0.266. The van der Waals surface area contributed by atoms with Gasteiger partial charge in [-0.05, 0) is 53.7 Å². The predicted molar refractivity (Wildman–Crippen MR) is 83.2 cm³/mol. The van der Waals surface area contributed by atoms with E-state index in [0.717, 1.165) is 0 Å². The Labute approximate surface area is 130 Å². The van der Waals surface area contributed by atoms with Gasteiger partial charge < -0.3 is 14.2 Å². The van der Waals surface area contributed by atoms with Gasteiger partial charge in [0.25, 0.3) is 0 Å². The minimum atomic E-state index is -0.804. The van der Waals surface area contributed by atoms with Crippen molar-refractivity contribution in [2.45, 2.75) is 52.7 Å². The van der Waals surface area contributed by atoms with Crippen molar-refractivity contribution in [3.8, 4) is 5.75 Å². The van der Waals surface area contributed by atoms with Crippen LogP contribution in [0.25, 0.3) is 0 Å². The lowest BCUT2D eigenvalue weighted by molar-refractivity contribution is 0.0206. The van der Waals surface area contributed by atoms with Crippen molar-refractivity contribution in [1.29, 1.82) is 0 Å². The third-order valence-electron chi connectivity index (χ3n) is 2.07. The largest absolute Gasteiger partial charge is 0.514 e. The molecule has 1 aromatic rings. The molecule has 1 aromatic carbocycles. The Morgan fingerprint density at radius 1 is 0.955 bits per heavy atom. The Kier molecular flexibility index (Phi) is 5.41. The highest BCUT2D eigenvalue weighted by Crippen LogP contribution is 2.20. The topological polar surface area (TPSA) is 73.9 Å². The van der Waals surface area contributed by atoms with Crippen molar-refractivity contribution >= 4 is 17.9 Å².